The number of hydrogen-bond donors (Lipinski definition) is 0. The highest BCUT2D eigenvalue weighted by molar-refractivity contribution is 5.79. The number of guanidine groups is 1. The van der Waals surface area contributed by atoms with E-state index in [0.29, 0.717) is 6.54 Å². The molecule has 2 rings (SSSR count). The second kappa shape index (κ2) is 6.83. The van der Waals surface area contributed by atoms with E-state index >= 15 is 0 Å². The van der Waals surface area contributed by atoms with E-state index < -0.39 is 0 Å². The van der Waals surface area contributed by atoms with Crippen molar-refractivity contribution >= 4 is 5.96 Å². The van der Waals surface area contributed by atoms with Crippen LogP contribution in [0, 0.1) is 12.8 Å². The van der Waals surface area contributed by atoms with Gasteiger partial charge < -0.3 is 14.5 Å². The van der Waals surface area contributed by atoms with Crippen LogP contribution in [0.3, 0.4) is 0 Å². The van der Waals surface area contributed by atoms with Crippen LogP contribution in [0.4, 0.5) is 0 Å². The summed E-state index contributed by atoms with van der Waals surface area (Å²) in [5, 5.41) is 0. The van der Waals surface area contributed by atoms with Gasteiger partial charge in [0.05, 0.1) is 13.2 Å². The fraction of sp³-hybridized carbons (Fsp3) is 0.588. The third-order valence-corrected chi connectivity index (χ3v) is 3.58. The lowest BCUT2D eigenvalue weighted by atomic mass is 10.1. The molecule has 0 heterocycles. The Labute approximate surface area is 128 Å². The lowest BCUT2D eigenvalue weighted by Gasteiger charge is -2.23. The van der Waals surface area contributed by atoms with Crippen LogP contribution >= 0.6 is 0 Å². The van der Waals surface area contributed by atoms with Crippen LogP contribution in [0.2, 0.25) is 0 Å². The number of nitrogens with zero attached hydrogens (tertiary/aromatic N) is 3. The normalized spacial score (nSPS) is 13.8. The van der Waals surface area contributed by atoms with Crippen LogP contribution in [-0.2, 0) is 6.54 Å². The van der Waals surface area contributed by atoms with Crippen molar-refractivity contribution in [2.24, 2.45) is 10.9 Å². The van der Waals surface area contributed by atoms with Crippen LogP contribution in [0.1, 0.15) is 24.0 Å². The van der Waals surface area contributed by atoms with Crippen molar-refractivity contribution in [3.8, 4) is 5.75 Å². The zero-order valence-corrected chi connectivity index (χ0v) is 13.9. The van der Waals surface area contributed by atoms with Crippen LogP contribution in [0.15, 0.2) is 23.2 Å². The minimum absolute atomic E-state index is 0.645. The molecule has 0 spiro atoms. The highest BCUT2D eigenvalue weighted by atomic mass is 16.5. The summed E-state index contributed by atoms with van der Waals surface area (Å²) < 4.78 is 6.00. The van der Waals surface area contributed by atoms with E-state index in [-0.39, 0.29) is 0 Å². The minimum atomic E-state index is 0.645. The largest absolute Gasteiger partial charge is 0.493 e. The molecule has 4 heteroatoms. The van der Waals surface area contributed by atoms with Crippen LogP contribution in [-0.4, -0.2) is 50.6 Å². The quantitative estimate of drug-likeness (QED) is 0.616. The molecule has 1 aliphatic rings. The maximum Gasteiger partial charge on any atom is 0.195 e. The number of rotatable bonds is 5. The fourth-order valence-electron chi connectivity index (χ4n) is 2.26. The third kappa shape index (κ3) is 4.66. The smallest absolute Gasteiger partial charge is 0.195 e. The molecule has 1 aromatic rings. The Bertz CT molecular complexity index is 495. The maximum atomic E-state index is 6.00. The molecule has 0 N–H and O–H groups in total. The second-order valence-corrected chi connectivity index (χ2v) is 6.27. The van der Waals surface area contributed by atoms with E-state index in [0.717, 1.165) is 29.8 Å². The van der Waals surface area contributed by atoms with Gasteiger partial charge in [0.1, 0.15) is 5.75 Å². The van der Waals surface area contributed by atoms with Gasteiger partial charge in [0.2, 0.25) is 0 Å². The Morgan fingerprint density at radius 1 is 1.19 bits per heavy atom. The van der Waals surface area contributed by atoms with Crippen molar-refractivity contribution in [2.45, 2.75) is 26.3 Å². The van der Waals surface area contributed by atoms with E-state index in [9.17, 15) is 0 Å². The molecule has 0 saturated heterocycles. The van der Waals surface area contributed by atoms with Gasteiger partial charge in [-0.3, -0.25) is 0 Å². The van der Waals surface area contributed by atoms with Crippen molar-refractivity contribution in [1.82, 2.24) is 9.80 Å². The Balaban J connectivity index is 2.11. The van der Waals surface area contributed by atoms with Crippen molar-refractivity contribution in [1.29, 1.82) is 0 Å². The van der Waals surface area contributed by atoms with Crippen molar-refractivity contribution in [2.75, 3.05) is 34.8 Å². The zero-order chi connectivity index (χ0) is 15.4. The van der Waals surface area contributed by atoms with Crippen LogP contribution in [0.25, 0.3) is 0 Å². The molecule has 116 valence electrons. The predicted molar refractivity (Wildman–Crippen MR) is 87.9 cm³/mol. The minimum Gasteiger partial charge on any atom is -0.493 e. The van der Waals surface area contributed by atoms with E-state index in [1.165, 1.54) is 18.4 Å². The van der Waals surface area contributed by atoms with Crippen LogP contribution < -0.4 is 4.74 Å². The van der Waals surface area contributed by atoms with Gasteiger partial charge in [0.25, 0.3) is 0 Å². The summed E-state index contributed by atoms with van der Waals surface area (Å²) in [6.07, 6.45) is 2.62. The second-order valence-electron chi connectivity index (χ2n) is 6.27. The van der Waals surface area contributed by atoms with Gasteiger partial charge in [-0.25, -0.2) is 4.99 Å². The molecule has 0 atom stereocenters. The topological polar surface area (TPSA) is 28.1 Å². The fourth-order valence-corrected chi connectivity index (χ4v) is 2.26. The van der Waals surface area contributed by atoms with Gasteiger partial charge in [-0.05, 0) is 37.3 Å². The average Bonchev–Trinajstić information content (AvgIpc) is 3.21. The number of ether oxygens (including phenoxy) is 1. The van der Waals surface area contributed by atoms with Gasteiger partial charge in [0, 0.05) is 33.8 Å². The first-order chi connectivity index (χ1) is 9.97. The van der Waals surface area contributed by atoms with E-state index in [2.05, 4.69) is 25.1 Å². The summed E-state index contributed by atoms with van der Waals surface area (Å²) in [6, 6.07) is 6.38. The zero-order valence-electron chi connectivity index (χ0n) is 13.9. The Morgan fingerprint density at radius 2 is 1.86 bits per heavy atom. The molecule has 1 aliphatic carbocycles. The Kier molecular flexibility index (Phi) is 5.10. The number of aryl methyl sites for hydroxylation is 1. The van der Waals surface area contributed by atoms with Gasteiger partial charge in [-0.1, -0.05) is 12.1 Å². The molecule has 1 saturated carbocycles. The van der Waals surface area contributed by atoms with E-state index in [1.54, 1.807) is 0 Å². The van der Waals surface area contributed by atoms with E-state index in [4.69, 9.17) is 9.73 Å². The number of aliphatic imine (C=N–C) groups is 1. The molecule has 1 aromatic carbocycles. The molecule has 0 unspecified atom stereocenters. The predicted octanol–water partition coefficient (Wildman–Crippen LogP) is 2.76. The Hall–Kier alpha value is -1.71. The number of hydrogen-bond acceptors (Lipinski definition) is 2. The van der Waals surface area contributed by atoms with Gasteiger partial charge >= 0.3 is 0 Å². The molecule has 21 heavy (non-hydrogen) atoms. The van der Waals surface area contributed by atoms with Gasteiger partial charge in [0.15, 0.2) is 5.96 Å². The summed E-state index contributed by atoms with van der Waals surface area (Å²) in [4.78, 5) is 8.77. The maximum absolute atomic E-state index is 6.00. The highest BCUT2D eigenvalue weighted by Crippen LogP contribution is 2.31. The van der Waals surface area contributed by atoms with Crippen molar-refractivity contribution in [3.05, 3.63) is 29.3 Å². The summed E-state index contributed by atoms with van der Waals surface area (Å²) >= 11 is 0. The summed E-state index contributed by atoms with van der Waals surface area (Å²) in [5.74, 6) is 2.72. The summed E-state index contributed by atoms with van der Waals surface area (Å²) in [7, 11) is 8.05. The Morgan fingerprint density at radius 3 is 2.43 bits per heavy atom. The molecular formula is C17H27N3O. The van der Waals surface area contributed by atoms with Gasteiger partial charge in [-0.2, -0.15) is 0 Å². The molecule has 4 nitrogen and oxygen atoms in total. The average molecular weight is 289 g/mol. The first kappa shape index (κ1) is 15.7. The molecule has 0 amide bonds. The molecule has 0 aliphatic heterocycles. The van der Waals surface area contributed by atoms with Gasteiger partial charge in [-0.15, -0.1) is 0 Å². The third-order valence-electron chi connectivity index (χ3n) is 3.58. The molecule has 1 fully saturated rings. The molecule has 0 bridgehead atoms. The summed E-state index contributed by atoms with van der Waals surface area (Å²) in [5.41, 5.74) is 2.39. The first-order valence-electron chi connectivity index (χ1n) is 7.59. The lowest BCUT2D eigenvalue weighted by molar-refractivity contribution is 0.296. The monoisotopic (exact) mass is 289 g/mol. The van der Waals surface area contributed by atoms with Crippen LogP contribution in [0.5, 0.6) is 5.75 Å². The van der Waals surface area contributed by atoms with E-state index in [1.807, 2.05) is 38.0 Å². The highest BCUT2D eigenvalue weighted by Gasteiger charge is 2.22. The standard InChI is InChI=1S/C17H27N3O/c1-13-6-9-15(11-18-17(19(2)3)20(4)5)16(10-13)21-12-14-7-8-14/h6,9-10,14H,7-8,11-12H2,1-5H3. The lowest BCUT2D eigenvalue weighted by Crippen LogP contribution is -2.35. The molecule has 0 aromatic heterocycles. The SMILES string of the molecule is Cc1ccc(CN=C(N(C)C)N(C)C)c(OCC2CC2)c1. The molecular weight excluding hydrogens is 262 g/mol. The van der Waals surface area contributed by atoms with Crippen molar-refractivity contribution < 1.29 is 4.74 Å². The van der Waals surface area contributed by atoms with Crippen molar-refractivity contribution in [3.63, 3.8) is 0 Å². The first-order valence-corrected chi connectivity index (χ1v) is 7.59. The summed E-state index contributed by atoms with van der Waals surface area (Å²) in [6.45, 7) is 3.59. The number of benzene rings is 1. The molecule has 0 radical (unpaired) electrons.